The van der Waals surface area contributed by atoms with E-state index in [4.69, 9.17) is 0 Å². The summed E-state index contributed by atoms with van der Waals surface area (Å²) < 4.78 is 26.0. The molecule has 1 aliphatic carbocycles. The monoisotopic (exact) mass is 216 g/mol. The van der Waals surface area contributed by atoms with Crippen LogP contribution < -0.4 is 0 Å². The first kappa shape index (κ1) is 11.8. The van der Waals surface area contributed by atoms with Crippen molar-refractivity contribution in [1.82, 2.24) is 0 Å². The Hall–Kier alpha value is -0.154. The van der Waals surface area contributed by atoms with Crippen molar-refractivity contribution in [3.05, 3.63) is 23.8 Å². The minimum absolute atomic E-state index is 0. The molecule has 0 fully saturated rings. The molecule has 0 heterocycles. The first-order valence-electron chi connectivity index (χ1n) is 3.82. The van der Waals surface area contributed by atoms with Gasteiger partial charge in [-0.2, -0.15) is 11.6 Å². The van der Waals surface area contributed by atoms with Crippen LogP contribution in [0, 0.1) is 6.08 Å². The minimum atomic E-state index is -2.65. The van der Waals surface area contributed by atoms with Crippen LogP contribution in [0.5, 0.6) is 0 Å². The van der Waals surface area contributed by atoms with E-state index in [1.165, 1.54) is 6.08 Å². The molecular weight excluding hydrogens is 205 g/mol. The second-order valence-electron chi connectivity index (χ2n) is 2.65. The standard InChI is InChI=1S/C9H11F2.Co/c1-2-7-9(10,11)8-5-3-4-6-8;/h3,5H,2,4,7H2,1H3;/q-1;. The summed E-state index contributed by atoms with van der Waals surface area (Å²) in [7, 11) is 0. The van der Waals surface area contributed by atoms with Crippen LogP contribution in [0.1, 0.15) is 26.2 Å². The Labute approximate surface area is 81.9 Å². The minimum Gasteiger partial charge on any atom is -0.264 e. The molecule has 1 aliphatic rings. The van der Waals surface area contributed by atoms with Crippen LogP contribution in [0.3, 0.4) is 0 Å². The van der Waals surface area contributed by atoms with Crippen molar-refractivity contribution in [2.45, 2.75) is 32.1 Å². The van der Waals surface area contributed by atoms with E-state index >= 15 is 0 Å². The van der Waals surface area contributed by atoms with Gasteiger partial charge in [0.25, 0.3) is 0 Å². The van der Waals surface area contributed by atoms with Crippen molar-refractivity contribution in [2.24, 2.45) is 0 Å². The van der Waals surface area contributed by atoms with Crippen LogP contribution >= 0.6 is 0 Å². The molecule has 1 radical (unpaired) electrons. The van der Waals surface area contributed by atoms with E-state index in [2.05, 4.69) is 6.08 Å². The van der Waals surface area contributed by atoms with Crippen molar-refractivity contribution < 1.29 is 25.6 Å². The van der Waals surface area contributed by atoms with Gasteiger partial charge >= 0.3 is 0 Å². The summed E-state index contributed by atoms with van der Waals surface area (Å²) in [6, 6.07) is 0. The third-order valence-corrected chi connectivity index (χ3v) is 1.65. The Balaban J connectivity index is 0.00000121. The van der Waals surface area contributed by atoms with Gasteiger partial charge in [-0.1, -0.05) is 13.3 Å². The molecular formula is C9H11CoF2-. The van der Waals surface area contributed by atoms with E-state index in [1.807, 2.05) is 0 Å². The predicted octanol–water partition coefficient (Wildman–Crippen LogP) is 3.11. The largest absolute Gasteiger partial charge is 0.264 e. The van der Waals surface area contributed by atoms with Crippen LogP contribution in [-0.4, -0.2) is 5.92 Å². The van der Waals surface area contributed by atoms with Gasteiger partial charge in [-0.25, -0.2) is 14.9 Å². The van der Waals surface area contributed by atoms with Crippen molar-refractivity contribution in [2.75, 3.05) is 0 Å². The Morgan fingerprint density at radius 2 is 2.25 bits per heavy atom. The fourth-order valence-electron chi connectivity index (χ4n) is 1.10. The van der Waals surface area contributed by atoms with Gasteiger partial charge in [0.2, 0.25) is 5.92 Å². The molecule has 0 bridgehead atoms. The smallest absolute Gasteiger partial charge is 0.240 e. The van der Waals surface area contributed by atoms with Crippen molar-refractivity contribution in [1.29, 1.82) is 0 Å². The van der Waals surface area contributed by atoms with E-state index in [-0.39, 0.29) is 28.8 Å². The van der Waals surface area contributed by atoms with Crippen molar-refractivity contribution in [3.63, 3.8) is 0 Å². The molecule has 0 spiro atoms. The van der Waals surface area contributed by atoms with Gasteiger partial charge in [-0.05, 0) is 0 Å². The molecule has 0 nitrogen and oxygen atoms in total. The molecule has 0 aromatic rings. The summed E-state index contributed by atoms with van der Waals surface area (Å²) in [5.74, 6) is -2.65. The van der Waals surface area contributed by atoms with Crippen LogP contribution in [0.4, 0.5) is 8.78 Å². The molecule has 0 aromatic carbocycles. The molecule has 0 amide bonds. The molecule has 71 valence electrons. The van der Waals surface area contributed by atoms with Gasteiger partial charge < -0.3 is 0 Å². The second-order valence-corrected chi connectivity index (χ2v) is 2.65. The Morgan fingerprint density at radius 3 is 2.67 bits per heavy atom. The Bertz CT molecular complexity index is 195. The third-order valence-electron chi connectivity index (χ3n) is 1.65. The maximum Gasteiger partial charge on any atom is 0.240 e. The van der Waals surface area contributed by atoms with Gasteiger partial charge in [0.15, 0.2) is 0 Å². The number of alkyl halides is 2. The molecule has 3 heteroatoms. The Morgan fingerprint density at radius 1 is 1.58 bits per heavy atom. The van der Waals surface area contributed by atoms with Gasteiger partial charge in [0.1, 0.15) is 0 Å². The molecule has 0 saturated carbocycles. The molecule has 0 aliphatic heterocycles. The van der Waals surface area contributed by atoms with E-state index in [1.54, 1.807) is 13.0 Å². The number of rotatable bonds is 3. The SMILES string of the molecule is CCCC(F)(F)C1=[C-]CC=C1.[Co]. The maximum atomic E-state index is 13.0. The van der Waals surface area contributed by atoms with Crippen LogP contribution in [0.15, 0.2) is 17.7 Å². The zero-order valence-electron chi connectivity index (χ0n) is 6.87. The van der Waals surface area contributed by atoms with Gasteiger partial charge in [-0.15, -0.1) is 6.42 Å². The van der Waals surface area contributed by atoms with Crippen LogP contribution in [-0.2, 0) is 16.8 Å². The van der Waals surface area contributed by atoms with Crippen LogP contribution in [0.2, 0.25) is 0 Å². The van der Waals surface area contributed by atoms with Crippen LogP contribution in [0.25, 0.3) is 0 Å². The van der Waals surface area contributed by atoms with Gasteiger partial charge in [0.05, 0.1) is 0 Å². The predicted molar refractivity (Wildman–Crippen MR) is 40.4 cm³/mol. The van der Waals surface area contributed by atoms with E-state index in [0.717, 1.165) is 0 Å². The number of halogens is 2. The third kappa shape index (κ3) is 2.72. The fourth-order valence-corrected chi connectivity index (χ4v) is 1.10. The summed E-state index contributed by atoms with van der Waals surface area (Å²) in [5.41, 5.74) is 0.0688. The van der Waals surface area contributed by atoms with Crippen molar-refractivity contribution >= 4 is 0 Å². The molecule has 0 unspecified atom stereocenters. The summed E-state index contributed by atoms with van der Waals surface area (Å²) in [4.78, 5) is 0. The Kier molecular flexibility index (Phi) is 4.71. The van der Waals surface area contributed by atoms with E-state index in [0.29, 0.717) is 12.8 Å². The maximum absolute atomic E-state index is 13.0. The normalized spacial score (nSPS) is 15.8. The summed E-state index contributed by atoms with van der Waals surface area (Å²) in [5, 5.41) is 0. The molecule has 0 N–H and O–H groups in total. The van der Waals surface area contributed by atoms with Crippen molar-refractivity contribution in [3.8, 4) is 0 Å². The molecule has 0 saturated heterocycles. The summed E-state index contributed by atoms with van der Waals surface area (Å²) in [6.07, 6.45) is 6.78. The average molecular weight is 216 g/mol. The summed E-state index contributed by atoms with van der Waals surface area (Å²) >= 11 is 0. The number of hydrogen-bond donors (Lipinski definition) is 0. The van der Waals surface area contributed by atoms with E-state index < -0.39 is 5.92 Å². The molecule has 12 heavy (non-hydrogen) atoms. The topological polar surface area (TPSA) is 0 Å². The fraction of sp³-hybridized carbons (Fsp3) is 0.556. The molecule has 1 rings (SSSR count). The molecule has 0 atom stereocenters. The summed E-state index contributed by atoms with van der Waals surface area (Å²) in [6.45, 7) is 1.76. The number of hydrogen-bond acceptors (Lipinski definition) is 0. The van der Waals surface area contributed by atoms with Gasteiger partial charge in [-0.3, -0.25) is 6.08 Å². The first-order valence-corrected chi connectivity index (χ1v) is 3.82. The van der Waals surface area contributed by atoms with Gasteiger partial charge in [0, 0.05) is 23.2 Å². The first-order chi connectivity index (χ1) is 5.17. The second kappa shape index (κ2) is 4.77. The quantitative estimate of drug-likeness (QED) is 0.636. The number of allylic oxidation sites excluding steroid dienone is 4. The average Bonchev–Trinajstić information content (AvgIpc) is 2.37. The van der Waals surface area contributed by atoms with E-state index in [9.17, 15) is 8.78 Å². The zero-order chi connectivity index (χ0) is 8.32. The molecule has 0 aromatic heterocycles. The zero-order valence-corrected chi connectivity index (χ0v) is 7.91.